The van der Waals surface area contributed by atoms with E-state index >= 15 is 0 Å². The molecule has 2 aromatic rings. The van der Waals surface area contributed by atoms with Gasteiger partial charge in [0.05, 0.1) is 29.8 Å². The molecule has 0 aromatic heterocycles. The number of halogens is 1. The zero-order valence-electron chi connectivity index (χ0n) is 17.2. The van der Waals surface area contributed by atoms with Crippen molar-refractivity contribution >= 4 is 33.2 Å². The van der Waals surface area contributed by atoms with Gasteiger partial charge in [-0.3, -0.25) is 9.10 Å². The summed E-state index contributed by atoms with van der Waals surface area (Å²) >= 11 is 6.17. The number of methoxy groups -OCH3 is 2. The average molecular weight is 441 g/mol. The van der Waals surface area contributed by atoms with Gasteiger partial charge in [0.2, 0.25) is 0 Å². The van der Waals surface area contributed by atoms with Gasteiger partial charge in [0.15, 0.2) is 0 Å². The van der Waals surface area contributed by atoms with Crippen molar-refractivity contribution in [1.82, 2.24) is 5.32 Å². The summed E-state index contributed by atoms with van der Waals surface area (Å²) in [6.45, 7) is 5.54. The first kappa shape index (κ1) is 22.8. The van der Waals surface area contributed by atoms with Crippen LogP contribution in [-0.4, -0.2) is 41.1 Å². The van der Waals surface area contributed by atoms with E-state index < -0.39 is 15.6 Å². The number of nitrogens with one attached hydrogen (secondary N) is 1. The van der Waals surface area contributed by atoms with Gasteiger partial charge in [0.25, 0.3) is 15.9 Å². The highest BCUT2D eigenvalue weighted by atomic mass is 35.5. The van der Waals surface area contributed by atoms with Crippen LogP contribution < -0.4 is 19.1 Å². The highest BCUT2D eigenvalue weighted by Crippen LogP contribution is 2.39. The van der Waals surface area contributed by atoms with Crippen molar-refractivity contribution < 1.29 is 22.7 Å². The molecular formula is C20H25ClN2O5S. The van der Waals surface area contributed by atoms with Crippen molar-refractivity contribution in [3.8, 4) is 11.5 Å². The number of carbonyl (C=O) groups excluding carboxylic acids is 1. The van der Waals surface area contributed by atoms with Gasteiger partial charge in [-0.1, -0.05) is 17.7 Å². The Morgan fingerprint density at radius 1 is 1.07 bits per heavy atom. The molecule has 0 saturated carbocycles. The van der Waals surface area contributed by atoms with Crippen LogP contribution in [-0.2, 0) is 10.0 Å². The molecule has 29 heavy (non-hydrogen) atoms. The lowest BCUT2D eigenvalue weighted by Gasteiger charge is -2.23. The number of ether oxygens (including phenoxy) is 2. The maximum atomic E-state index is 13.2. The number of hydrogen-bond donors (Lipinski definition) is 1. The Bertz CT molecular complexity index is 1020. The molecule has 0 heterocycles. The van der Waals surface area contributed by atoms with Crippen molar-refractivity contribution in [2.24, 2.45) is 0 Å². The van der Waals surface area contributed by atoms with Gasteiger partial charge in [0.1, 0.15) is 11.5 Å². The molecule has 0 bridgehead atoms. The summed E-state index contributed by atoms with van der Waals surface area (Å²) in [4.78, 5) is 12.4. The Balaban J connectivity index is 2.47. The van der Waals surface area contributed by atoms with Crippen LogP contribution in [0.15, 0.2) is 41.3 Å². The monoisotopic (exact) mass is 440 g/mol. The molecule has 2 aromatic carbocycles. The van der Waals surface area contributed by atoms with E-state index in [4.69, 9.17) is 21.1 Å². The van der Waals surface area contributed by atoms with Crippen molar-refractivity contribution in [1.29, 1.82) is 0 Å². The Hall–Kier alpha value is -2.45. The standard InChI is InChI=1S/C20H25ClN2O5S/c1-20(2,3)22-19(24)13-8-7-9-14(10-13)29(25,26)23(4)16-11-15(21)17(27-5)12-18(16)28-6/h7-12H,1-6H3,(H,22,24). The number of anilines is 1. The third-order valence-electron chi connectivity index (χ3n) is 4.04. The van der Waals surface area contributed by atoms with Crippen LogP contribution in [0, 0.1) is 0 Å². The lowest BCUT2D eigenvalue weighted by Crippen LogP contribution is -2.40. The summed E-state index contributed by atoms with van der Waals surface area (Å²) < 4.78 is 37.9. The lowest BCUT2D eigenvalue weighted by atomic mass is 10.1. The van der Waals surface area contributed by atoms with Gasteiger partial charge in [0, 0.05) is 24.2 Å². The maximum absolute atomic E-state index is 13.2. The second-order valence-corrected chi connectivity index (χ2v) is 9.74. The average Bonchev–Trinajstić information content (AvgIpc) is 2.65. The van der Waals surface area contributed by atoms with Gasteiger partial charge in [-0.25, -0.2) is 8.42 Å². The van der Waals surface area contributed by atoms with E-state index in [2.05, 4.69) is 5.32 Å². The largest absolute Gasteiger partial charge is 0.495 e. The zero-order valence-corrected chi connectivity index (χ0v) is 18.8. The predicted octanol–water partition coefficient (Wildman–Crippen LogP) is 3.71. The molecule has 0 fully saturated rings. The summed E-state index contributed by atoms with van der Waals surface area (Å²) in [7, 11) is 0.274. The molecule has 0 spiro atoms. The van der Waals surface area contributed by atoms with Gasteiger partial charge in [-0.05, 0) is 45.0 Å². The molecule has 0 unspecified atom stereocenters. The molecule has 158 valence electrons. The molecule has 1 amide bonds. The second-order valence-electron chi connectivity index (χ2n) is 7.36. The quantitative estimate of drug-likeness (QED) is 0.740. The number of sulfonamides is 1. The molecule has 1 N–H and O–H groups in total. The van der Waals surface area contributed by atoms with E-state index in [1.807, 2.05) is 20.8 Å². The molecule has 9 heteroatoms. The van der Waals surface area contributed by atoms with Crippen LogP contribution in [0.25, 0.3) is 0 Å². The third kappa shape index (κ3) is 5.13. The molecule has 0 radical (unpaired) electrons. The van der Waals surface area contributed by atoms with Gasteiger partial charge in [-0.15, -0.1) is 0 Å². The highest BCUT2D eigenvalue weighted by Gasteiger charge is 2.26. The summed E-state index contributed by atoms with van der Waals surface area (Å²) in [6.07, 6.45) is 0. The maximum Gasteiger partial charge on any atom is 0.264 e. The Morgan fingerprint density at radius 3 is 2.24 bits per heavy atom. The van der Waals surface area contributed by atoms with Crippen molar-refractivity contribution in [2.75, 3.05) is 25.6 Å². The van der Waals surface area contributed by atoms with Crippen LogP contribution in [0.4, 0.5) is 5.69 Å². The lowest BCUT2D eigenvalue weighted by molar-refractivity contribution is 0.0919. The zero-order chi connectivity index (χ0) is 22.0. The molecule has 7 nitrogen and oxygen atoms in total. The SMILES string of the molecule is COc1cc(OC)c(N(C)S(=O)(=O)c2cccc(C(=O)NC(C)(C)C)c2)cc1Cl. The number of rotatable bonds is 6. The first-order chi connectivity index (χ1) is 13.4. The molecule has 0 aliphatic rings. The van der Waals surface area contributed by atoms with Crippen LogP contribution in [0.5, 0.6) is 11.5 Å². The fraction of sp³-hybridized carbons (Fsp3) is 0.350. The molecule has 0 saturated heterocycles. The summed E-state index contributed by atoms with van der Waals surface area (Å²) in [5.74, 6) is 0.278. The van der Waals surface area contributed by atoms with Crippen molar-refractivity contribution in [3.63, 3.8) is 0 Å². The topological polar surface area (TPSA) is 84.9 Å². The Labute approximate surface area is 176 Å². The van der Waals surface area contributed by atoms with E-state index in [0.29, 0.717) is 5.75 Å². The van der Waals surface area contributed by atoms with Crippen molar-refractivity contribution in [3.05, 3.63) is 47.0 Å². The van der Waals surface area contributed by atoms with Gasteiger partial charge >= 0.3 is 0 Å². The highest BCUT2D eigenvalue weighted by molar-refractivity contribution is 7.92. The van der Waals surface area contributed by atoms with E-state index in [9.17, 15) is 13.2 Å². The summed E-state index contributed by atoms with van der Waals surface area (Å²) in [5.41, 5.74) is 0.0349. The first-order valence-electron chi connectivity index (χ1n) is 8.73. The van der Waals surface area contributed by atoms with Gasteiger partial charge < -0.3 is 14.8 Å². The van der Waals surface area contributed by atoms with Crippen LogP contribution >= 0.6 is 11.6 Å². The molecular weight excluding hydrogens is 416 g/mol. The predicted molar refractivity (Wildman–Crippen MR) is 114 cm³/mol. The van der Waals surface area contributed by atoms with Crippen molar-refractivity contribution in [2.45, 2.75) is 31.2 Å². The Kier molecular flexibility index (Phi) is 6.70. The Morgan fingerprint density at radius 2 is 1.69 bits per heavy atom. The minimum atomic E-state index is -3.99. The fourth-order valence-corrected chi connectivity index (χ4v) is 4.07. The van der Waals surface area contributed by atoms with Crippen LogP contribution in [0.3, 0.4) is 0 Å². The number of hydrogen-bond acceptors (Lipinski definition) is 5. The normalized spacial score (nSPS) is 11.7. The fourth-order valence-electron chi connectivity index (χ4n) is 2.59. The molecule has 2 rings (SSSR count). The van der Waals surface area contributed by atoms with Crippen LogP contribution in [0.2, 0.25) is 5.02 Å². The van der Waals surface area contributed by atoms with Gasteiger partial charge in [-0.2, -0.15) is 0 Å². The number of benzene rings is 2. The molecule has 0 aliphatic heterocycles. The van der Waals surface area contributed by atoms with E-state index in [1.165, 1.54) is 51.6 Å². The second kappa shape index (κ2) is 8.51. The van der Waals surface area contributed by atoms with E-state index in [0.717, 1.165) is 4.31 Å². The number of nitrogens with zero attached hydrogens (tertiary/aromatic N) is 1. The van der Waals surface area contributed by atoms with E-state index in [1.54, 1.807) is 6.07 Å². The molecule has 0 atom stereocenters. The minimum Gasteiger partial charge on any atom is -0.495 e. The smallest absolute Gasteiger partial charge is 0.264 e. The first-order valence-corrected chi connectivity index (χ1v) is 10.6. The number of amides is 1. The number of carbonyl (C=O) groups is 1. The minimum absolute atomic E-state index is 0.0319. The summed E-state index contributed by atoms with van der Waals surface area (Å²) in [6, 6.07) is 8.81. The molecule has 0 aliphatic carbocycles. The summed E-state index contributed by atoms with van der Waals surface area (Å²) in [5, 5.41) is 3.05. The van der Waals surface area contributed by atoms with Crippen LogP contribution in [0.1, 0.15) is 31.1 Å². The van der Waals surface area contributed by atoms with E-state index in [-0.39, 0.29) is 32.8 Å². The third-order valence-corrected chi connectivity index (χ3v) is 6.10.